The minimum atomic E-state index is 0.467. The molecule has 5 heteroatoms. The smallest absolute Gasteiger partial charge is 0.239 e. The number of hydrogen-bond donors (Lipinski definition) is 3. The van der Waals surface area contributed by atoms with Gasteiger partial charge in [-0.3, -0.25) is 5.43 Å². The molecule has 1 saturated carbocycles. The van der Waals surface area contributed by atoms with Gasteiger partial charge in [-0.05, 0) is 19.8 Å². The summed E-state index contributed by atoms with van der Waals surface area (Å²) in [5.41, 5.74) is 3.56. The molecule has 0 saturated heterocycles. The molecule has 5 nitrogen and oxygen atoms in total. The zero-order valence-electron chi connectivity index (χ0n) is 11.1. The molecular formula is C13H23N5. The van der Waals surface area contributed by atoms with Crippen LogP contribution < -0.4 is 16.6 Å². The summed E-state index contributed by atoms with van der Waals surface area (Å²) in [4.78, 5) is 8.48. The van der Waals surface area contributed by atoms with E-state index < -0.39 is 0 Å². The molecule has 2 rings (SSSR count). The Morgan fingerprint density at radius 2 is 1.83 bits per heavy atom. The maximum atomic E-state index is 5.34. The number of nitrogens with zero attached hydrogens (tertiary/aromatic N) is 2. The van der Waals surface area contributed by atoms with Gasteiger partial charge in [-0.15, -0.1) is 0 Å². The molecule has 1 aromatic heterocycles. The third-order valence-electron chi connectivity index (χ3n) is 3.55. The predicted octanol–water partition coefficient (Wildman–Crippen LogP) is 2.60. The van der Waals surface area contributed by atoms with E-state index in [0.717, 1.165) is 11.4 Å². The fourth-order valence-corrected chi connectivity index (χ4v) is 2.45. The number of aryl methyl sites for hydroxylation is 1. The van der Waals surface area contributed by atoms with Gasteiger partial charge in [0.15, 0.2) is 0 Å². The lowest BCUT2D eigenvalue weighted by atomic mass is 9.96. The van der Waals surface area contributed by atoms with Gasteiger partial charge in [0.1, 0.15) is 5.82 Å². The number of nitrogen functional groups attached to an aromatic ring is 1. The summed E-state index contributed by atoms with van der Waals surface area (Å²) in [6, 6.07) is 0.532. The maximum Gasteiger partial charge on any atom is 0.239 e. The molecule has 4 N–H and O–H groups in total. The molecule has 0 amide bonds. The van der Waals surface area contributed by atoms with E-state index in [0.29, 0.717) is 12.0 Å². The van der Waals surface area contributed by atoms with Crippen molar-refractivity contribution in [2.45, 2.75) is 57.9 Å². The summed E-state index contributed by atoms with van der Waals surface area (Å²) in [7, 11) is 0. The summed E-state index contributed by atoms with van der Waals surface area (Å²) < 4.78 is 0. The average molecular weight is 249 g/mol. The molecule has 0 aliphatic heterocycles. The zero-order valence-corrected chi connectivity index (χ0v) is 11.1. The van der Waals surface area contributed by atoms with Crippen LogP contribution in [0.3, 0.4) is 0 Å². The summed E-state index contributed by atoms with van der Waals surface area (Å²) in [6.45, 7) is 2.02. The lowest BCUT2D eigenvalue weighted by Gasteiger charge is -2.22. The Morgan fingerprint density at radius 3 is 2.50 bits per heavy atom. The van der Waals surface area contributed by atoms with Crippen molar-refractivity contribution in [1.82, 2.24) is 9.97 Å². The molecule has 1 fully saturated rings. The molecule has 1 aliphatic carbocycles. The van der Waals surface area contributed by atoms with Crippen LogP contribution in [0.5, 0.6) is 0 Å². The standard InChI is InChI=1S/C13H23N5/c1-10-9-15-13(18-14)17-12(10)16-11-7-5-3-2-4-6-8-11/h9,11H,2-8,14H2,1H3,(H2,15,16,17,18). The Bertz CT molecular complexity index is 372. The van der Waals surface area contributed by atoms with Crippen LogP contribution in [-0.2, 0) is 0 Å². The van der Waals surface area contributed by atoms with Gasteiger partial charge in [0.25, 0.3) is 0 Å². The van der Waals surface area contributed by atoms with Crippen molar-refractivity contribution in [2.75, 3.05) is 10.7 Å². The molecule has 0 bridgehead atoms. The largest absolute Gasteiger partial charge is 0.367 e. The van der Waals surface area contributed by atoms with E-state index in [-0.39, 0.29) is 0 Å². The number of hydrazine groups is 1. The van der Waals surface area contributed by atoms with Gasteiger partial charge < -0.3 is 5.32 Å². The Morgan fingerprint density at radius 1 is 1.17 bits per heavy atom. The monoisotopic (exact) mass is 249 g/mol. The molecule has 1 heterocycles. The first-order chi connectivity index (χ1) is 8.79. The fraction of sp³-hybridized carbons (Fsp3) is 0.692. The quantitative estimate of drug-likeness (QED) is 0.567. The fourth-order valence-electron chi connectivity index (χ4n) is 2.45. The van der Waals surface area contributed by atoms with Crippen LogP contribution in [0, 0.1) is 6.92 Å². The molecule has 1 aliphatic rings. The van der Waals surface area contributed by atoms with E-state index in [1.807, 2.05) is 6.92 Å². The average Bonchev–Trinajstić information content (AvgIpc) is 2.35. The predicted molar refractivity (Wildman–Crippen MR) is 74.3 cm³/mol. The van der Waals surface area contributed by atoms with Crippen molar-refractivity contribution in [3.63, 3.8) is 0 Å². The molecule has 18 heavy (non-hydrogen) atoms. The third-order valence-corrected chi connectivity index (χ3v) is 3.55. The summed E-state index contributed by atoms with van der Waals surface area (Å²) in [5.74, 6) is 6.72. The van der Waals surface area contributed by atoms with E-state index >= 15 is 0 Å². The van der Waals surface area contributed by atoms with Gasteiger partial charge in [-0.25, -0.2) is 10.8 Å². The van der Waals surface area contributed by atoms with Crippen molar-refractivity contribution in [3.8, 4) is 0 Å². The maximum absolute atomic E-state index is 5.34. The summed E-state index contributed by atoms with van der Waals surface area (Å²) in [5, 5.41) is 3.54. The number of aromatic nitrogens is 2. The SMILES string of the molecule is Cc1cnc(NN)nc1NC1CCCCCCC1. The van der Waals surface area contributed by atoms with E-state index in [4.69, 9.17) is 5.84 Å². The molecule has 100 valence electrons. The first kappa shape index (κ1) is 13.1. The van der Waals surface area contributed by atoms with E-state index in [9.17, 15) is 0 Å². The number of nitrogens with one attached hydrogen (secondary N) is 2. The van der Waals surface area contributed by atoms with Crippen LogP contribution in [0.15, 0.2) is 6.20 Å². The van der Waals surface area contributed by atoms with Crippen LogP contribution >= 0.6 is 0 Å². The molecule has 0 atom stereocenters. The van der Waals surface area contributed by atoms with Gasteiger partial charge in [-0.1, -0.05) is 32.1 Å². The minimum absolute atomic E-state index is 0.467. The summed E-state index contributed by atoms with van der Waals surface area (Å²) >= 11 is 0. The van der Waals surface area contributed by atoms with Gasteiger partial charge in [0.05, 0.1) is 0 Å². The molecule has 0 unspecified atom stereocenters. The van der Waals surface area contributed by atoms with Gasteiger partial charge in [0.2, 0.25) is 5.95 Å². The molecular weight excluding hydrogens is 226 g/mol. The highest BCUT2D eigenvalue weighted by atomic mass is 15.3. The molecule has 0 radical (unpaired) electrons. The van der Waals surface area contributed by atoms with Crippen molar-refractivity contribution in [1.29, 1.82) is 0 Å². The molecule has 1 aromatic rings. The van der Waals surface area contributed by atoms with Crippen LogP contribution in [0.4, 0.5) is 11.8 Å². The van der Waals surface area contributed by atoms with E-state index in [2.05, 4.69) is 20.7 Å². The van der Waals surface area contributed by atoms with Crippen molar-refractivity contribution < 1.29 is 0 Å². The second kappa shape index (κ2) is 6.54. The topological polar surface area (TPSA) is 75.9 Å². The van der Waals surface area contributed by atoms with Crippen molar-refractivity contribution in [2.24, 2.45) is 5.84 Å². The van der Waals surface area contributed by atoms with Crippen LogP contribution in [0.2, 0.25) is 0 Å². The highest BCUT2D eigenvalue weighted by Gasteiger charge is 2.13. The van der Waals surface area contributed by atoms with Crippen molar-refractivity contribution >= 4 is 11.8 Å². The first-order valence-electron chi connectivity index (χ1n) is 6.86. The molecule has 0 spiro atoms. The number of rotatable bonds is 3. The second-order valence-electron chi connectivity index (χ2n) is 5.06. The Hall–Kier alpha value is -1.36. The number of anilines is 2. The first-order valence-corrected chi connectivity index (χ1v) is 6.86. The van der Waals surface area contributed by atoms with Gasteiger partial charge in [0, 0.05) is 17.8 Å². The van der Waals surface area contributed by atoms with Crippen LogP contribution in [0.1, 0.15) is 50.5 Å². The van der Waals surface area contributed by atoms with Gasteiger partial charge >= 0.3 is 0 Å². The lowest BCUT2D eigenvalue weighted by molar-refractivity contribution is 0.470. The number of nitrogens with two attached hydrogens (primary N) is 1. The second-order valence-corrected chi connectivity index (χ2v) is 5.06. The Balaban J connectivity index is 2.02. The third kappa shape index (κ3) is 3.57. The van der Waals surface area contributed by atoms with Crippen LogP contribution in [0.25, 0.3) is 0 Å². The minimum Gasteiger partial charge on any atom is -0.367 e. The summed E-state index contributed by atoms with van der Waals surface area (Å²) in [6.07, 6.45) is 11.0. The van der Waals surface area contributed by atoms with Crippen LogP contribution in [-0.4, -0.2) is 16.0 Å². The Labute approximate surface area is 109 Å². The Kier molecular flexibility index (Phi) is 4.75. The van der Waals surface area contributed by atoms with E-state index in [1.54, 1.807) is 6.20 Å². The highest BCUT2D eigenvalue weighted by molar-refractivity contribution is 5.46. The van der Waals surface area contributed by atoms with Crippen molar-refractivity contribution in [3.05, 3.63) is 11.8 Å². The lowest BCUT2D eigenvalue weighted by Crippen LogP contribution is -2.22. The van der Waals surface area contributed by atoms with Gasteiger partial charge in [-0.2, -0.15) is 4.98 Å². The van der Waals surface area contributed by atoms with E-state index in [1.165, 1.54) is 44.9 Å². The number of hydrogen-bond acceptors (Lipinski definition) is 5. The normalized spacial score (nSPS) is 17.9. The zero-order chi connectivity index (χ0) is 12.8. The molecule has 0 aromatic carbocycles. The highest BCUT2D eigenvalue weighted by Crippen LogP contribution is 2.21.